The lowest BCUT2D eigenvalue weighted by atomic mass is 9.90. The van der Waals surface area contributed by atoms with Crippen LogP contribution < -0.4 is 15.4 Å². The van der Waals surface area contributed by atoms with Crippen molar-refractivity contribution >= 4 is 34.1 Å². The summed E-state index contributed by atoms with van der Waals surface area (Å²) in [5.41, 5.74) is 0.699. The molecule has 1 fully saturated rings. The number of aromatic nitrogens is 2. The molecule has 34 heavy (non-hydrogen) atoms. The number of carbonyl (C=O) groups is 1. The zero-order valence-electron chi connectivity index (χ0n) is 18.7. The van der Waals surface area contributed by atoms with Crippen molar-refractivity contribution < 1.29 is 22.7 Å². The number of alkyl halides is 3. The molecule has 0 unspecified atom stereocenters. The van der Waals surface area contributed by atoms with Gasteiger partial charge >= 0.3 is 6.18 Å². The number of anilines is 1. The quantitative estimate of drug-likeness (QED) is 0.472. The Hall–Kier alpha value is -3.07. The standard InChI is InChI=1S/C24H24ClF3N4O2/c1-13-17(8-10-22(29-13)34-2)23(33)31-16-6-4-15(5-7-16)30-20-12-21(24(26,27)28)32-19-9-3-14(25)11-18(19)20/h3,8-12,15-16H,4-7H2,1-2H3,(H,30,32)(H,31,33). The van der Waals surface area contributed by atoms with E-state index in [9.17, 15) is 18.0 Å². The fourth-order valence-corrected chi connectivity index (χ4v) is 4.39. The smallest absolute Gasteiger partial charge is 0.433 e. The third-order valence-electron chi connectivity index (χ3n) is 6.00. The van der Waals surface area contributed by atoms with Gasteiger partial charge in [0, 0.05) is 34.2 Å². The molecule has 0 bridgehead atoms. The minimum atomic E-state index is -4.55. The maximum atomic E-state index is 13.4. The van der Waals surface area contributed by atoms with Gasteiger partial charge in [0.2, 0.25) is 5.88 Å². The Balaban J connectivity index is 1.43. The van der Waals surface area contributed by atoms with Crippen LogP contribution in [0.2, 0.25) is 5.02 Å². The summed E-state index contributed by atoms with van der Waals surface area (Å²) < 4.78 is 45.2. The predicted molar refractivity (Wildman–Crippen MR) is 124 cm³/mol. The highest BCUT2D eigenvalue weighted by atomic mass is 35.5. The lowest BCUT2D eigenvalue weighted by molar-refractivity contribution is -0.140. The molecule has 2 heterocycles. The van der Waals surface area contributed by atoms with Crippen molar-refractivity contribution in [3.63, 3.8) is 0 Å². The van der Waals surface area contributed by atoms with Gasteiger partial charge in [-0.3, -0.25) is 4.79 Å². The van der Waals surface area contributed by atoms with Crippen molar-refractivity contribution in [2.75, 3.05) is 12.4 Å². The fraction of sp³-hybridized carbons (Fsp3) is 0.375. The maximum Gasteiger partial charge on any atom is 0.433 e. The number of methoxy groups -OCH3 is 1. The van der Waals surface area contributed by atoms with Gasteiger partial charge in [-0.1, -0.05) is 11.6 Å². The zero-order chi connectivity index (χ0) is 24.5. The summed E-state index contributed by atoms with van der Waals surface area (Å²) >= 11 is 6.08. The zero-order valence-corrected chi connectivity index (χ0v) is 19.4. The first-order chi connectivity index (χ1) is 16.1. The van der Waals surface area contributed by atoms with E-state index < -0.39 is 11.9 Å². The average Bonchev–Trinajstić information content (AvgIpc) is 2.79. The SMILES string of the molecule is COc1ccc(C(=O)NC2CCC(Nc3cc(C(F)(F)F)nc4ccc(Cl)cc34)CC2)c(C)n1. The molecule has 1 aliphatic rings. The van der Waals surface area contributed by atoms with Crippen LogP contribution in [0.25, 0.3) is 10.9 Å². The van der Waals surface area contributed by atoms with Crippen molar-refractivity contribution in [1.82, 2.24) is 15.3 Å². The molecule has 0 saturated heterocycles. The second-order valence-corrected chi connectivity index (χ2v) is 8.80. The number of pyridine rings is 2. The molecule has 1 aromatic carbocycles. The molecule has 1 aliphatic carbocycles. The molecule has 10 heteroatoms. The predicted octanol–water partition coefficient (Wildman–Crippen LogP) is 5.77. The Bertz CT molecular complexity index is 1210. The van der Waals surface area contributed by atoms with Gasteiger partial charge < -0.3 is 15.4 Å². The molecule has 2 aromatic heterocycles. The van der Waals surface area contributed by atoms with E-state index in [2.05, 4.69) is 20.6 Å². The molecule has 4 rings (SSSR count). The monoisotopic (exact) mass is 492 g/mol. The number of nitrogens with zero attached hydrogens (tertiary/aromatic N) is 2. The Morgan fingerprint density at radius 2 is 1.76 bits per heavy atom. The molecular weight excluding hydrogens is 469 g/mol. The summed E-state index contributed by atoms with van der Waals surface area (Å²) in [6.07, 6.45) is -1.78. The lowest BCUT2D eigenvalue weighted by Gasteiger charge is -2.31. The summed E-state index contributed by atoms with van der Waals surface area (Å²) in [4.78, 5) is 20.7. The minimum absolute atomic E-state index is 0.0265. The van der Waals surface area contributed by atoms with E-state index in [1.807, 2.05) is 0 Å². The number of fused-ring (bicyclic) bond motifs is 1. The summed E-state index contributed by atoms with van der Waals surface area (Å²) in [6, 6.07) is 8.92. The van der Waals surface area contributed by atoms with Gasteiger partial charge in [-0.15, -0.1) is 0 Å². The summed E-state index contributed by atoms with van der Waals surface area (Å²) in [7, 11) is 1.52. The number of rotatable bonds is 5. The van der Waals surface area contributed by atoms with Crippen LogP contribution in [-0.4, -0.2) is 35.1 Å². The Morgan fingerprint density at radius 1 is 1.06 bits per heavy atom. The number of nitrogens with one attached hydrogen (secondary N) is 2. The molecule has 0 atom stereocenters. The summed E-state index contributed by atoms with van der Waals surface area (Å²) in [6.45, 7) is 1.75. The fourth-order valence-electron chi connectivity index (χ4n) is 4.22. The van der Waals surface area contributed by atoms with Gasteiger partial charge in [0.1, 0.15) is 5.69 Å². The van der Waals surface area contributed by atoms with Crippen LogP contribution in [0.3, 0.4) is 0 Å². The second-order valence-electron chi connectivity index (χ2n) is 8.37. The minimum Gasteiger partial charge on any atom is -0.481 e. The van der Waals surface area contributed by atoms with Crippen molar-refractivity contribution in [3.8, 4) is 5.88 Å². The van der Waals surface area contributed by atoms with Gasteiger partial charge in [-0.2, -0.15) is 13.2 Å². The highest BCUT2D eigenvalue weighted by Gasteiger charge is 2.34. The summed E-state index contributed by atoms with van der Waals surface area (Å²) in [5, 5.41) is 7.26. The summed E-state index contributed by atoms with van der Waals surface area (Å²) in [5.74, 6) is 0.243. The molecule has 3 aromatic rings. The number of aryl methyl sites for hydroxylation is 1. The highest BCUT2D eigenvalue weighted by Crippen LogP contribution is 2.35. The van der Waals surface area contributed by atoms with Gasteiger partial charge in [0.25, 0.3) is 5.91 Å². The van der Waals surface area contributed by atoms with Crippen molar-refractivity contribution in [3.05, 3.63) is 58.4 Å². The number of hydrogen-bond acceptors (Lipinski definition) is 5. The van der Waals surface area contributed by atoms with Crippen LogP contribution in [0.4, 0.5) is 18.9 Å². The molecule has 1 amide bonds. The van der Waals surface area contributed by atoms with E-state index in [0.717, 1.165) is 6.07 Å². The molecule has 2 N–H and O–H groups in total. The molecule has 6 nitrogen and oxygen atoms in total. The first-order valence-electron chi connectivity index (χ1n) is 10.9. The van der Waals surface area contributed by atoms with E-state index in [1.165, 1.54) is 19.2 Å². The largest absolute Gasteiger partial charge is 0.481 e. The van der Waals surface area contributed by atoms with Crippen LogP contribution in [0.15, 0.2) is 36.4 Å². The first-order valence-corrected chi connectivity index (χ1v) is 11.3. The molecular formula is C24H24ClF3N4O2. The molecule has 0 aliphatic heterocycles. The van der Waals surface area contributed by atoms with Crippen molar-refractivity contribution in [2.45, 2.75) is 50.9 Å². The van der Waals surface area contributed by atoms with Gasteiger partial charge in [-0.05, 0) is 62.9 Å². The Kier molecular flexibility index (Phi) is 6.84. The molecule has 1 saturated carbocycles. The normalized spacial score (nSPS) is 18.5. The number of ether oxygens (including phenoxy) is 1. The third kappa shape index (κ3) is 5.35. The van der Waals surface area contributed by atoms with E-state index >= 15 is 0 Å². The lowest BCUT2D eigenvalue weighted by Crippen LogP contribution is -2.40. The van der Waals surface area contributed by atoms with Crippen LogP contribution in [0.1, 0.15) is 47.4 Å². The van der Waals surface area contributed by atoms with E-state index in [4.69, 9.17) is 16.3 Å². The highest BCUT2D eigenvalue weighted by molar-refractivity contribution is 6.31. The molecule has 0 radical (unpaired) electrons. The van der Waals surface area contributed by atoms with Gasteiger partial charge in [0.05, 0.1) is 23.9 Å². The van der Waals surface area contributed by atoms with Crippen LogP contribution >= 0.6 is 11.6 Å². The van der Waals surface area contributed by atoms with Crippen LogP contribution in [0.5, 0.6) is 5.88 Å². The molecule has 0 spiro atoms. The number of halogens is 4. The third-order valence-corrected chi connectivity index (χ3v) is 6.23. The van der Waals surface area contributed by atoms with Crippen molar-refractivity contribution in [1.29, 1.82) is 0 Å². The van der Waals surface area contributed by atoms with Crippen LogP contribution in [0, 0.1) is 6.92 Å². The number of amides is 1. The average molecular weight is 493 g/mol. The van der Waals surface area contributed by atoms with E-state index in [-0.39, 0.29) is 23.5 Å². The maximum absolute atomic E-state index is 13.4. The van der Waals surface area contributed by atoms with Crippen molar-refractivity contribution in [2.24, 2.45) is 0 Å². The van der Waals surface area contributed by atoms with Gasteiger partial charge in [0.15, 0.2) is 0 Å². The Morgan fingerprint density at radius 3 is 2.41 bits per heavy atom. The number of benzene rings is 1. The second kappa shape index (κ2) is 9.66. The molecule has 180 valence electrons. The van der Waals surface area contributed by atoms with Crippen LogP contribution in [-0.2, 0) is 6.18 Å². The van der Waals surface area contributed by atoms with Gasteiger partial charge in [-0.25, -0.2) is 9.97 Å². The van der Waals surface area contributed by atoms with E-state index in [1.54, 1.807) is 25.1 Å². The first kappa shape index (κ1) is 24.1. The topological polar surface area (TPSA) is 76.1 Å². The van der Waals surface area contributed by atoms with E-state index in [0.29, 0.717) is 58.9 Å². The Labute approximate surface area is 199 Å². The number of hydrogen-bond donors (Lipinski definition) is 2. The number of carbonyl (C=O) groups excluding carboxylic acids is 1.